The van der Waals surface area contributed by atoms with Gasteiger partial charge in [-0.05, 0) is 19.9 Å². The van der Waals surface area contributed by atoms with Crippen LogP contribution in [0, 0.1) is 5.92 Å². The Bertz CT molecular complexity index is 157. The smallest absolute Gasteiger partial charge is 0.316 e. The van der Waals surface area contributed by atoms with Crippen LogP contribution in [0.4, 0.5) is 17.6 Å². The van der Waals surface area contributed by atoms with E-state index in [9.17, 15) is 17.6 Å². The molecule has 0 spiro atoms. The van der Waals surface area contributed by atoms with Gasteiger partial charge in [0.05, 0.1) is 0 Å². The van der Waals surface area contributed by atoms with Gasteiger partial charge in [0.25, 0.3) is 0 Å². The summed E-state index contributed by atoms with van der Waals surface area (Å²) in [6.07, 6.45) is -4.49. The molecule has 0 radical (unpaired) electrons. The molecule has 0 aromatic heterocycles. The minimum absolute atomic E-state index is 0.118. The molecule has 1 nitrogen and oxygen atoms in total. The quantitative estimate of drug-likeness (QED) is 0.615. The van der Waals surface area contributed by atoms with Crippen LogP contribution in [-0.2, 0) is 0 Å². The summed E-state index contributed by atoms with van der Waals surface area (Å²) in [5, 5.41) is 2.71. The molecule has 0 aromatic carbocycles. The van der Waals surface area contributed by atoms with Crippen LogP contribution in [0.3, 0.4) is 0 Å². The van der Waals surface area contributed by atoms with E-state index in [0.29, 0.717) is 13.5 Å². The Labute approximate surface area is 68.1 Å². The Balaban J connectivity index is 2.69. The van der Waals surface area contributed by atoms with Crippen LogP contribution in [-0.4, -0.2) is 24.9 Å². The first kappa shape index (κ1) is 9.77. The lowest BCUT2D eigenvalue weighted by molar-refractivity contribution is -0.239. The molecular formula is C7H11F4N. The van der Waals surface area contributed by atoms with Crippen molar-refractivity contribution < 1.29 is 17.6 Å². The molecule has 72 valence electrons. The molecule has 1 rings (SSSR count). The van der Waals surface area contributed by atoms with Crippen LogP contribution >= 0.6 is 0 Å². The molecule has 1 aliphatic heterocycles. The van der Waals surface area contributed by atoms with Crippen LogP contribution in [0.5, 0.6) is 0 Å². The molecule has 2 atom stereocenters. The van der Waals surface area contributed by atoms with Gasteiger partial charge < -0.3 is 5.32 Å². The Morgan fingerprint density at radius 2 is 1.83 bits per heavy atom. The lowest BCUT2D eigenvalue weighted by Gasteiger charge is -2.28. The molecule has 0 aliphatic carbocycles. The number of halogens is 4. The van der Waals surface area contributed by atoms with E-state index in [1.54, 1.807) is 0 Å². The third kappa shape index (κ3) is 1.55. The molecule has 1 aliphatic rings. The van der Waals surface area contributed by atoms with Gasteiger partial charge in [-0.1, -0.05) is 0 Å². The molecule has 2 unspecified atom stereocenters. The van der Waals surface area contributed by atoms with Crippen molar-refractivity contribution in [2.75, 3.05) is 13.1 Å². The van der Waals surface area contributed by atoms with Crippen molar-refractivity contribution in [1.82, 2.24) is 5.32 Å². The largest absolute Gasteiger partial charge is 0.422 e. The van der Waals surface area contributed by atoms with Crippen molar-refractivity contribution in [3.8, 4) is 0 Å². The third-order valence-corrected chi connectivity index (χ3v) is 2.38. The Kier molecular flexibility index (Phi) is 2.33. The summed E-state index contributed by atoms with van der Waals surface area (Å²) in [7, 11) is 0. The second-order valence-electron chi connectivity index (χ2n) is 3.26. The predicted octanol–water partition coefficient (Wildman–Crippen LogP) is 1.89. The number of rotatable bonds is 1. The molecule has 0 bridgehead atoms. The summed E-state index contributed by atoms with van der Waals surface area (Å²) in [6.45, 7) is 1.21. The van der Waals surface area contributed by atoms with Gasteiger partial charge in [0, 0.05) is 12.5 Å². The molecule has 1 saturated heterocycles. The van der Waals surface area contributed by atoms with Crippen molar-refractivity contribution in [2.24, 2.45) is 5.92 Å². The molecule has 0 aromatic rings. The van der Waals surface area contributed by atoms with Crippen LogP contribution < -0.4 is 5.32 Å². The second-order valence-corrected chi connectivity index (χ2v) is 3.26. The third-order valence-electron chi connectivity index (χ3n) is 2.38. The van der Waals surface area contributed by atoms with Gasteiger partial charge in [0.2, 0.25) is 5.67 Å². The van der Waals surface area contributed by atoms with E-state index >= 15 is 0 Å². The monoisotopic (exact) mass is 185 g/mol. The van der Waals surface area contributed by atoms with Crippen molar-refractivity contribution >= 4 is 0 Å². The minimum atomic E-state index is -4.75. The standard InChI is InChI=1S/C7H11F4N/c1-6(8,7(9,10)11)5-2-3-12-4-5/h5,12H,2-4H2,1H3. The maximum Gasteiger partial charge on any atom is 0.422 e. The zero-order valence-electron chi connectivity index (χ0n) is 6.71. The molecule has 12 heavy (non-hydrogen) atoms. The molecule has 0 amide bonds. The SMILES string of the molecule is CC(F)(C1CCNC1)C(F)(F)F. The number of hydrogen-bond acceptors (Lipinski definition) is 1. The average Bonchev–Trinajstić information content (AvgIpc) is 2.34. The van der Waals surface area contributed by atoms with Gasteiger partial charge in [-0.3, -0.25) is 0 Å². The minimum Gasteiger partial charge on any atom is -0.316 e. The lowest BCUT2D eigenvalue weighted by Crippen LogP contribution is -2.45. The van der Waals surface area contributed by atoms with Crippen molar-refractivity contribution in [3.05, 3.63) is 0 Å². The summed E-state index contributed by atoms with van der Waals surface area (Å²) >= 11 is 0. The molecule has 1 heterocycles. The fourth-order valence-corrected chi connectivity index (χ4v) is 1.35. The highest BCUT2D eigenvalue weighted by Crippen LogP contribution is 2.41. The van der Waals surface area contributed by atoms with E-state index in [2.05, 4.69) is 5.32 Å². The predicted molar refractivity (Wildman–Crippen MR) is 36.5 cm³/mol. The van der Waals surface area contributed by atoms with Gasteiger partial charge in [0.15, 0.2) is 0 Å². The molecule has 1 fully saturated rings. The summed E-state index contributed by atoms with van der Waals surface area (Å²) in [4.78, 5) is 0. The Morgan fingerprint density at radius 3 is 2.17 bits per heavy atom. The van der Waals surface area contributed by atoms with Gasteiger partial charge >= 0.3 is 6.18 Å². The molecule has 1 N–H and O–H groups in total. The highest BCUT2D eigenvalue weighted by atomic mass is 19.4. The Hall–Kier alpha value is -0.320. The van der Waals surface area contributed by atoms with Crippen LogP contribution in [0.1, 0.15) is 13.3 Å². The maximum absolute atomic E-state index is 13.1. The van der Waals surface area contributed by atoms with Crippen LogP contribution in [0.2, 0.25) is 0 Å². The van der Waals surface area contributed by atoms with E-state index in [1.165, 1.54) is 0 Å². The summed E-state index contributed by atoms with van der Waals surface area (Å²) in [6, 6.07) is 0. The summed E-state index contributed by atoms with van der Waals surface area (Å²) in [5.41, 5.74) is -3.05. The molecule has 5 heteroatoms. The Morgan fingerprint density at radius 1 is 1.25 bits per heavy atom. The normalized spacial score (nSPS) is 30.2. The molecule has 0 saturated carbocycles. The van der Waals surface area contributed by atoms with E-state index in [4.69, 9.17) is 0 Å². The van der Waals surface area contributed by atoms with Gasteiger partial charge in [-0.25, -0.2) is 4.39 Å². The van der Waals surface area contributed by atoms with Gasteiger partial charge in [-0.2, -0.15) is 13.2 Å². The zero-order valence-corrected chi connectivity index (χ0v) is 6.71. The van der Waals surface area contributed by atoms with E-state index < -0.39 is 17.8 Å². The number of hydrogen-bond donors (Lipinski definition) is 1. The second kappa shape index (κ2) is 2.87. The fourth-order valence-electron chi connectivity index (χ4n) is 1.35. The lowest BCUT2D eigenvalue weighted by atomic mass is 9.90. The van der Waals surface area contributed by atoms with Crippen molar-refractivity contribution in [1.29, 1.82) is 0 Å². The first-order valence-corrected chi connectivity index (χ1v) is 3.82. The molecular weight excluding hydrogens is 174 g/mol. The first-order chi connectivity index (χ1) is 5.36. The van der Waals surface area contributed by atoms with E-state index in [-0.39, 0.29) is 13.0 Å². The van der Waals surface area contributed by atoms with Crippen molar-refractivity contribution in [3.63, 3.8) is 0 Å². The fraction of sp³-hybridized carbons (Fsp3) is 1.00. The van der Waals surface area contributed by atoms with Gasteiger partial charge in [-0.15, -0.1) is 0 Å². The topological polar surface area (TPSA) is 12.0 Å². The van der Waals surface area contributed by atoms with E-state index in [1.807, 2.05) is 0 Å². The zero-order chi connectivity index (χ0) is 9.41. The highest BCUT2D eigenvalue weighted by Gasteiger charge is 2.57. The van der Waals surface area contributed by atoms with E-state index in [0.717, 1.165) is 0 Å². The average molecular weight is 185 g/mol. The first-order valence-electron chi connectivity index (χ1n) is 3.82. The van der Waals surface area contributed by atoms with Crippen molar-refractivity contribution in [2.45, 2.75) is 25.2 Å². The van der Waals surface area contributed by atoms with Crippen LogP contribution in [0.25, 0.3) is 0 Å². The van der Waals surface area contributed by atoms with Gasteiger partial charge in [0.1, 0.15) is 0 Å². The maximum atomic E-state index is 13.1. The highest BCUT2D eigenvalue weighted by molar-refractivity contribution is 4.93. The number of alkyl halides is 4. The summed E-state index contributed by atoms with van der Waals surface area (Å²) in [5.74, 6) is -0.933. The number of nitrogens with one attached hydrogen (secondary N) is 1. The van der Waals surface area contributed by atoms with Crippen LogP contribution in [0.15, 0.2) is 0 Å². The summed E-state index contributed by atoms with van der Waals surface area (Å²) < 4.78 is 49.4.